The maximum absolute atomic E-state index is 13.7. The van der Waals surface area contributed by atoms with Crippen molar-refractivity contribution in [2.24, 2.45) is 18.2 Å². The Labute approximate surface area is 226 Å². The summed E-state index contributed by atoms with van der Waals surface area (Å²) in [5, 5.41) is 35.9. The molecule has 1 aromatic carbocycles. The third kappa shape index (κ3) is 4.57. The van der Waals surface area contributed by atoms with E-state index in [1.165, 1.54) is 35.2 Å². The number of anilines is 1. The molecule has 194 valence electrons. The summed E-state index contributed by atoms with van der Waals surface area (Å²) in [5.41, 5.74) is 9.13. The monoisotopic (exact) mass is 548 g/mol. The number of non-ortho nitro benzene ring substituents is 1. The maximum Gasteiger partial charge on any atom is 0.271 e. The highest BCUT2D eigenvalue weighted by atomic mass is 32.2. The lowest BCUT2D eigenvalue weighted by Crippen LogP contribution is -2.42. The van der Waals surface area contributed by atoms with Crippen molar-refractivity contribution in [1.29, 1.82) is 5.26 Å². The van der Waals surface area contributed by atoms with Gasteiger partial charge in [0.15, 0.2) is 5.78 Å². The minimum Gasteiger partial charge on any atom is -0.384 e. The number of benzene rings is 1. The summed E-state index contributed by atoms with van der Waals surface area (Å²) >= 11 is 2.96. The molecule has 2 N–H and O–H groups in total. The number of hydrogen-bond acceptors (Lipinski definition) is 11. The number of aromatic nitrogens is 4. The Morgan fingerprint density at radius 1 is 1.34 bits per heavy atom. The van der Waals surface area contributed by atoms with Crippen LogP contribution in [-0.4, -0.2) is 30.9 Å². The molecule has 3 heterocycles. The van der Waals surface area contributed by atoms with Gasteiger partial charge in [0.1, 0.15) is 5.82 Å². The first-order chi connectivity index (χ1) is 18.1. The zero-order valence-corrected chi connectivity index (χ0v) is 22.5. The van der Waals surface area contributed by atoms with Gasteiger partial charge in [0, 0.05) is 47.5 Å². The molecular weight excluding hydrogens is 524 g/mol. The summed E-state index contributed by atoms with van der Waals surface area (Å²) < 4.78 is 1.60. The van der Waals surface area contributed by atoms with Gasteiger partial charge in [0.05, 0.1) is 28.2 Å². The van der Waals surface area contributed by atoms with Crippen LogP contribution in [0.4, 0.5) is 11.4 Å². The van der Waals surface area contributed by atoms with Crippen LogP contribution < -0.4 is 10.6 Å². The van der Waals surface area contributed by atoms with Crippen LogP contribution in [-0.2, 0) is 17.6 Å². The number of allylic oxidation sites excluding steroid dienone is 3. The highest BCUT2D eigenvalue weighted by molar-refractivity contribution is 7.98. The molecule has 13 heteroatoms. The molecule has 0 fully saturated rings. The molecule has 0 saturated heterocycles. The Bertz CT molecular complexity index is 1560. The second-order valence-electron chi connectivity index (χ2n) is 9.99. The van der Waals surface area contributed by atoms with E-state index in [-0.39, 0.29) is 28.3 Å². The fourth-order valence-corrected chi connectivity index (χ4v) is 6.86. The topological polar surface area (TPSA) is 157 Å². The van der Waals surface area contributed by atoms with E-state index in [1.54, 1.807) is 28.8 Å². The fraction of sp³-hybridized carbons (Fsp3) is 0.320. The average Bonchev–Trinajstić information content (AvgIpc) is 3.50. The van der Waals surface area contributed by atoms with Crippen LogP contribution in [0.1, 0.15) is 43.0 Å². The van der Waals surface area contributed by atoms with Crippen LogP contribution in [0, 0.1) is 26.9 Å². The highest BCUT2D eigenvalue weighted by Crippen LogP contribution is 2.51. The number of tetrazole rings is 1. The molecule has 0 radical (unpaired) electrons. The van der Waals surface area contributed by atoms with Gasteiger partial charge in [-0.05, 0) is 45.3 Å². The number of thioether (sulfide) groups is 1. The number of thiophene rings is 1. The first-order valence-corrected chi connectivity index (χ1v) is 13.6. The number of nitriles is 1. The molecule has 2 aliphatic rings. The zero-order chi connectivity index (χ0) is 27.2. The standard InChI is InChI=1S/C25H24N8O3S2/c1-25(2)9-18-22(19(34)10-25)21(20-7-14(12-37-20)13-38-24-28-29-30-31(24)3)17(11-26)23(27)32(18)15-5-4-6-16(8-15)33(35)36/h4-8,12,21H,9-10,13,27H2,1-3H3. The van der Waals surface area contributed by atoms with E-state index in [2.05, 4.69) is 21.6 Å². The summed E-state index contributed by atoms with van der Waals surface area (Å²) in [6.07, 6.45) is 0.858. The largest absolute Gasteiger partial charge is 0.384 e. The van der Waals surface area contributed by atoms with Crippen molar-refractivity contribution >= 4 is 40.3 Å². The van der Waals surface area contributed by atoms with E-state index in [1.807, 2.05) is 25.3 Å². The van der Waals surface area contributed by atoms with Gasteiger partial charge in [-0.15, -0.1) is 16.4 Å². The van der Waals surface area contributed by atoms with E-state index in [0.29, 0.717) is 40.7 Å². The number of carbonyl (C=O) groups excluding carboxylic acids is 1. The Balaban J connectivity index is 1.60. The smallest absolute Gasteiger partial charge is 0.271 e. The molecule has 1 unspecified atom stereocenters. The van der Waals surface area contributed by atoms with Crippen LogP contribution in [0.25, 0.3) is 0 Å². The second kappa shape index (κ2) is 9.70. The van der Waals surface area contributed by atoms with Gasteiger partial charge < -0.3 is 5.73 Å². The van der Waals surface area contributed by atoms with E-state index < -0.39 is 10.8 Å². The molecule has 1 aliphatic carbocycles. The Morgan fingerprint density at radius 2 is 2.13 bits per heavy atom. The molecule has 0 spiro atoms. The van der Waals surface area contributed by atoms with Crippen molar-refractivity contribution < 1.29 is 9.72 Å². The lowest BCUT2D eigenvalue weighted by molar-refractivity contribution is -0.384. The van der Waals surface area contributed by atoms with Gasteiger partial charge in [-0.1, -0.05) is 31.7 Å². The number of ketones is 1. The van der Waals surface area contributed by atoms with Crippen molar-refractivity contribution in [3.8, 4) is 6.07 Å². The molecule has 38 heavy (non-hydrogen) atoms. The first-order valence-electron chi connectivity index (χ1n) is 11.7. The van der Waals surface area contributed by atoms with Crippen LogP contribution >= 0.6 is 23.1 Å². The summed E-state index contributed by atoms with van der Waals surface area (Å²) in [5.74, 6) is 0.141. The Kier molecular flexibility index (Phi) is 6.54. The number of hydrogen-bond donors (Lipinski definition) is 1. The number of nitrogens with zero attached hydrogens (tertiary/aromatic N) is 7. The molecule has 11 nitrogen and oxygen atoms in total. The van der Waals surface area contributed by atoms with Crippen molar-refractivity contribution in [3.05, 3.63) is 78.9 Å². The molecule has 1 atom stereocenters. The molecule has 0 bridgehead atoms. The number of nitro groups is 1. The van der Waals surface area contributed by atoms with Crippen molar-refractivity contribution in [2.45, 2.75) is 43.5 Å². The summed E-state index contributed by atoms with van der Waals surface area (Å²) in [4.78, 5) is 27.2. The summed E-state index contributed by atoms with van der Waals surface area (Å²) in [7, 11) is 1.77. The minimum absolute atomic E-state index is 0.0496. The molecule has 1 aliphatic heterocycles. The summed E-state index contributed by atoms with van der Waals surface area (Å²) in [6.45, 7) is 4.02. The molecule has 3 aromatic rings. The van der Waals surface area contributed by atoms with E-state index >= 15 is 0 Å². The number of nitro benzene ring substituents is 1. The van der Waals surface area contributed by atoms with Crippen molar-refractivity contribution in [3.63, 3.8) is 0 Å². The van der Waals surface area contributed by atoms with Crippen LogP contribution in [0.2, 0.25) is 0 Å². The molecule has 0 saturated carbocycles. The third-order valence-corrected chi connectivity index (χ3v) is 8.72. The van der Waals surface area contributed by atoms with Gasteiger partial charge in [-0.3, -0.25) is 19.8 Å². The minimum atomic E-state index is -0.603. The van der Waals surface area contributed by atoms with Gasteiger partial charge in [0.2, 0.25) is 5.16 Å². The lowest BCUT2D eigenvalue weighted by Gasteiger charge is -2.43. The quantitative estimate of drug-likeness (QED) is 0.266. The Hall–Kier alpha value is -4.02. The van der Waals surface area contributed by atoms with Crippen molar-refractivity contribution in [1.82, 2.24) is 20.2 Å². The SMILES string of the molecule is Cn1nnnc1SCc1csc(C2C(C#N)=C(N)N(c3cccc([N+](=O)[O-])c3)C3=C2C(=O)CC(C)(C)C3)c1. The molecule has 5 rings (SSSR count). The van der Waals surface area contributed by atoms with Crippen LogP contribution in [0.15, 0.2) is 63.5 Å². The maximum atomic E-state index is 13.7. The Morgan fingerprint density at radius 3 is 2.82 bits per heavy atom. The van der Waals surface area contributed by atoms with Gasteiger partial charge >= 0.3 is 0 Å². The summed E-state index contributed by atoms with van der Waals surface area (Å²) in [6, 6.07) is 10.3. The van der Waals surface area contributed by atoms with Crippen LogP contribution in [0.3, 0.4) is 0 Å². The third-order valence-electron chi connectivity index (χ3n) is 6.59. The van der Waals surface area contributed by atoms with Crippen molar-refractivity contribution in [2.75, 3.05) is 4.90 Å². The average molecular weight is 549 g/mol. The van der Waals surface area contributed by atoms with E-state index in [4.69, 9.17) is 5.73 Å². The highest BCUT2D eigenvalue weighted by Gasteiger charge is 2.45. The first kappa shape index (κ1) is 25.6. The van der Waals surface area contributed by atoms with E-state index in [0.717, 1.165) is 10.4 Å². The van der Waals surface area contributed by atoms with Gasteiger partial charge in [-0.25, -0.2) is 4.68 Å². The fourth-order valence-electron chi connectivity index (χ4n) is 4.95. The molecular formula is C25H24N8O3S2. The van der Waals surface area contributed by atoms with Gasteiger partial charge in [0.25, 0.3) is 5.69 Å². The van der Waals surface area contributed by atoms with E-state index in [9.17, 15) is 20.2 Å². The number of nitrogens with two attached hydrogens (primary N) is 1. The van der Waals surface area contributed by atoms with Crippen LogP contribution in [0.5, 0.6) is 0 Å². The number of Topliss-reactive ketones (excluding diaryl/α,β-unsaturated/α-hetero) is 1. The zero-order valence-electron chi connectivity index (χ0n) is 20.9. The second-order valence-corrected chi connectivity index (χ2v) is 11.9. The lowest BCUT2D eigenvalue weighted by atomic mass is 9.69. The predicted octanol–water partition coefficient (Wildman–Crippen LogP) is 4.41. The normalized spacial score (nSPS) is 18.9. The molecule has 0 amide bonds. The number of aryl methyl sites for hydroxylation is 1. The predicted molar refractivity (Wildman–Crippen MR) is 143 cm³/mol. The van der Waals surface area contributed by atoms with Gasteiger partial charge in [-0.2, -0.15) is 5.26 Å². The number of carbonyl (C=O) groups is 1. The number of rotatable bonds is 6. The molecule has 2 aromatic heterocycles.